The number of H-pyrrole nitrogens is 1. The molecule has 5 rings (SSSR count). The molecule has 0 bridgehead atoms. The number of pyridine rings is 1. The highest BCUT2D eigenvalue weighted by Gasteiger charge is 2.37. The number of rotatable bonds is 4. The number of aliphatic hydroxyl groups is 1. The highest BCUT2D eigenvalue weighted by Crippen LogP contribution is 2.37. The Kier molecular flexibility index (Phi) is 4.57. The van der Waals surface area contributed by atoms with Crippen molar-refractivity contribution in [1.29, 1.82) is 5.26 Å². The summed E-state index contributed by atoms with van der Waals surface area (Å²) in [6.45, 7) is 0.595. The van der Waals surface area contributed by atoms with E-state index in [4.69, 9.17) is 9.84 Å². The third kappa shape index (κ3) is 3.07. The zero-order chi connectivity index (χ0) is 20.7. The van der Waals surface area contributed by atoms with Gasteiger partial charge in [0.05, 0.1) is 36.8 Å². The van der Waals surface area contributed by atoms with Crippen molar-refractivity contribution in [2.75, 3.05) is 18.5 Å². The first-order valence-electron chi connectivity index (χ1n) is 10.3. The Morgan fingerprint density at radius 2 is 2.00 bits per heavy atom. The summed E-state index contributed by atoms with van der Waals surface area (Å²) in [5.74, 6) is 0.353. The van der Waals surface area contributed by atoms with Gasteiger partial charge in [0.2, 0.25) is 0 Å². The Morgan fingerprint density at radius 1 is 1.23 bits per heavy atom. The molecule has 1 saturated carbocycles. The Hall–Kier alpha value is -3.15. The lowest BCUT2D eigenvalue weighted by molar-refractivity contribution is -0.184. The van der Waals surface area contributed by atoms with Gasteiger partial charge >= 0.3 is 0 Å². The molecular weight excluding hydrogens is 382 g/mol. The van der Waals surface area contributed by atoms with Crippen LogP contribution in [0.1, 0.15) is 37.3 Å². The van der Waals surface area contributed by atoms with Crippen molar-refractivity contribution in [3.63, 3.8) is 0 Å². The van der Waals surface area contributed by atoms with Crippen LogP contribution in [0.3, 0.4) is 0 Å². The number of benzene rings is 1. The molecular formula is C22H23N5O3. The number of aromatic amines is 1. The third-order valence-electron chi connectivity index (χ3n) is 6.21. The van der Waals surface area contributed by atoms with Crippen molar-refractivity contribution in [2.24, 2.45) is 5.92 Å². The number of nitrogens with one attached hydrogen (secondary N) is 2. The van der Waals surface area contributed by atoms with Crippen LogP contribution in [0.25, 0.3) is 10.9 Å². The number of fused-ring (bicyclic) bond motifs is 1. The summed E-state index contributed by atoms with van der Waals surface area (Å²) in [4.78, 5) is 15.3. The average molecular weight is 405 g/mol. The van der Waals surface area contributed by atoms with Crippen LogP contribution in [0.5, 0.6) is 0 Å². The first-order chi connectivity index (χ1) is 14.6. The van der Waals surface area contributed by atoms with Gasteiger partial charge in [0.1, 0.15) is 11.0 Å². The number of nitrogens with zero attached hydrogens (tertiary/aromatic N) is 3. The molecule has 8 nitrogen and oxygen atoms in total. The van der Waals surface area contributed by atoms with E-state index in [0.29, 0.717) is 24.4 Å². The van der Waals surface area contributed by atoms with Crippen LogP contribution in [0.15, 0.2) is 41.3 Å². The largest absolute Gasteiger partial charge is 0.380 e. The number of hydrogen-bond acceptors (Lipinski definition) is 6. The van der Waals surface area contributed by atoms with Crippen molar-refractivity contribution >= 4 is 22.4 Å². The summed E-state index contributed by atoms with van der Waals surface area (Å²) < 4.78 is 6.97. The second-order valence-corrected chi connectivity index (χ2v) is 8.17. The van der Waals surface area contributed by atoms with E-state index >= 15 is 0 Å². The second kappa shape index (κ2) is 7.27. The SMILES string of the molecule is N#CC1CCCCC1n1nc(Nc2ccc(C3(O)COC3)cc2)c2c(=O)[nH]ccc21. The van der Waals surface area contributed by atoms with Crippen molar-refractivity contribution in [2.45, 2.75) is 37.3 Å². The maximum absolute atomic E-state index is 12.6. The van der Waals surface area contributed by atoms with Crippen molar-refractivity contribution in [1.82, 2.24) is 14.8 Å². The summed E-state index contributed by atoms with van der Waals surface area (Å²) in [7, 11) is 0. The maximum atomic E-state index is 12.6. The van der Waals surface area contributed by atoms with E-state index in [0.717, 1.165) is 42.5 Å². The quantitative estimate of drug-likeness (QED) is 0.615. The van der Waals surface area contributed by atoms with Gasteiger partial charge in [0.15, 0.2) is 5.82 Å². The molecule has 1 saturated heterocycles. The summed E-state index contributed by atoms with van der Waals surface area (Å²) in [5, 5.41) is 28.5. The molecule has 2 atom stereocenters. The molecule has 0 amide bonds. The highest BCUT2D eigenvalue weighted by atomic mass is 16.5. The fourth-order valence-electron chi connectivity index (χ4n) is 4.46. The minimum atomic E-state index is -0.919. The minimum Gasteiger partial charge on any atom is -0.380 e. The molecule has 2 aliphatic rings. The lowest BCUT2D eigenvalue weighted by atomic mass is 9.85. The van der Waals surface area contributed by atoms with Crippen LogP contribution in [0.4, 0.5) is 11.5 Å². The van der Waals surface area contributed by atoms with Crippen LogP contribution in [0.2, 0.25) is 0 Å². The monoisotopic (exact) mass is 405 g/mol. The molecule has 2 unspecified atom stereocenters. The summed E-state index contributed by atoms with van der Waals surface area (Å²) >= 11 is 0. The van der Waals surface area contributed by atoms with E-state index in [2.05, 4.69) is 16.4 Å². The molecule has 0 radical (unpaired) electrons. The van der Waals surface area contributed by atoms with Crippen LogP contribution in [-0.2, 0) is 10.3 Å². The fourth-order valence-corrected chi connectivity index (χ4v) is 4.46. The first kappa shape index (κ1) is 18.9. The van der Waals surface area contributed by atoms with Crippen molar-refractivity contribution in [3.05, 3.63) is 52.4 Å². The van der Waals surface area contributed by atoms with Crippen LogP contribution >= 0.6 is 0 Å². The van der Waals surface area contributed by atoms with E-state index in [9.17, 15) is 15.2 Å². The van der Waals surface area contributed by atoms with Crippen LogP contribution < -0.4 is 10.9 Å². The Morgan fingerprint density at radius 3 is 2.70 bits per heavy atom. The molecule has 0 spiro atoms. The molecule has 8 heteroatoms. The molecule has 3 N–H and O–H groups in total. The third-order valence-corrected chi connectivity index (χ3v) is 6.21. The number of nitriles is 1. The Balaban J connectivity index is 1.52. The van der Waals surface area contributed by atoms with Crippen LogP contribution in [-0.4, -0.2) is 33.1 Å². The lowest BCUT2D eigenvalue weighted by Crippen LogP contribution is -2.46. The van der Waals surface area contributed by atoms with Crippen molar-refractivity contribution < 1.29 is 9.84 Å². The predicted molar refractivity (Wildman–Crippen MR) is 111 cm³/mol. The highest BCUT2D eigenvalue weighted by molar-refractivity contribution is 5.91. The number of ether oxygens (including phenoxy) is 1. The van der Waals surface area contributed by atoms with Gasteiger partial charge in [-0.2, -0.15) is 10.4 Å². The van der Waals surface area contributed by atoms with Crippen molar-refractivity contribution in [3.8, 4) is 6.07 Å². The normalized spacial score (nSPS) is 22.9. The molecule has 2 aromatic heterocycles. The van der Waals surface area contributed by atoms with Gasteiger partial charge in [0.25, 0.3) is 5.56 Å². The summed E-state index contributed by atoms with van der Waals surface area (Å²) in [6, 6.07) is 11.6. The lowest BCUT2D eigenvalue weighted by Gasteiger charge is -2.36. The van der Waals surface area contributed by atoms with Gasteiger partial charge in [-0.25, -0.2) is 0 Å². The minimum absolute atomic E-state index is 0.0427. The van der Waals surface area contributed by atoms with E-state index in [1.54, 1.807) is 6.20 Å². The smallest absolute Gasteiger partial charge is 0.261 e. The topological polar surface area (TPSA) is 116 Å². The zero-order valence-corrected chi connectivity index (χ0v) is 16.5. The van der Waals surface area contributed by atoms with Crippen LogP contribution in [0, 0.1) is 17.2 Å². The van der Waals surface area contributed by atoms with E-state index in [-0.39, 0.29) is 17.5 Å². The molecule has 1 aliphatic carbocycles. The molecule has 1 aromatic carbocycles. The van der Waals surface area contributed by atoms with E-state index < -0.39 is 5.60 Å². The molecule has 1 aliphatic heterocycles. The molecule has 3 heterocycles. The van der Waals surface area contributed by atoms with Gasteiger partial charge in [-0.1, -0.05) is 25.0 Å². The van der Waals surface area contributed by atoms with E-state index in [1.807, 2.05) is 35.0 Å². The number of anilines is 2. The molecule has 30 heavy (non-hydrogen) atoms. The number of hydrogen-bond donors (Lipinski definition) is 3. The summed E-state index contributed by atoms with van der Waals surface area (Å²) in [6.07, 6.45) is 5.43. The molecule has 154 valence electrons. The summed E-state index contributed by atoms with van der Waals surface area (Å²) in [5.41, 5.74) is 1.15. The van der Waals surface area contributed by atoms with E-state index in [1.165, 1.54) is 0 Å². The van der Waals surface area contributed by atoms with Gasteiger partial charge in [-0.05, 0) is 36.6 Å². The Labute approximate surface area is 173 Å². The second-order valence-electron chi connectivity index (χ2n) is 8.17. The first-order valence-corrected chi connectivity index (χ1v) is 10.3. The van der Waals surface area contributed by atoms with Gasteiger partial charge in [-0.15, -0.1) is 0 Å². The van der Waals surface area contributed by atoms with Gasteiger partial charge < -0.3 is 20.1 Å². The molecule has 3 aromatic rings. The number of aromatic nitrogens is 3. The van der Waals surface area contributed by atoms with Gasteiger partial charge in [0, 0.05) is 11.9 Å². The standard InChI is InChI=1S/C22H23N5O3/c23-11-14-3-1-2-4-17(14)27-18-9-10-24-21(28)19(18)20(26-27)25-16-7-5-15(6-8-16)22(29)12-30-13-22/h5-10,14,17,29H,1-4,12-13H2,(H,24,28)(H,25,26). The average Bonchev–Trinajstić information content (AvgIpc) is 3.12. The molecule has 2 fully saturated rings. The fraction of sp³-hybridized carbons (Fsp3) is 0.409. The zero-order valence-electron chi connectivity index (χ0n) is 16.5. The Bertz CT molecular complexity index is 1170. The maximum Gasteiger partial charge on any atom is 0.261 e. The predicted octanol–water partition coefficient (Wildman–Crippen LogP) is 2.94. The van der Waals surface area contributed by atoms with Gasteiger partial charge in [-0.3, -0.25) is 9.48 Å².